The summed E-state index contributed by atoms with van der Waals surface area (Å²) in [5, 5.41) is 3.24. The van der Waals surface area contributed by atoms with Gasteiger partial charge in [0.25, 0.3) is 0 Å². The van der Waals surface area contributed by atoms with Gasteiger partial charge in [-0.25, -0.2) is 4.79 Å². The van der Waals surface area contributed by atoms with Gasteiger partial charge in [-0.3, -0.25) is 9.69 Å². The van der Waals surface area contributed by atoms with Gasteiger partial charge in [-0.1, -0.05) is 85.8 Å². The lowest BCUT2D eigenvalue weighted by molar-refractivity contribution is -0.152. The van der Waals surface area contributed by atoms with Crippen molar-refractivity contribution in [3.05, 3.63) is 90.5 Å². The Balaban J connectivity index is 1.62. The van der Waals surface area contributed by atoms with E-state index in [2.05, 4.69) is 36.1 Å². The van der Waals surface area contributed by atoms with Gasteiger partial charge in [-0.15, -0.1) is 0 Å². The van der Waals surface area contributed by atoms with Gasteiger partial charge in [0.15, 0.2) is 0 Å². The smallest absolute Gasteiger partial charge is 0.339 e. The maximum atomic E-state index is 13.9. The fourth-order valence-corrected chi connectivity index (χ4v) is 7.54. The van der Waals surface area contributed by atoms with Crippen molar-refractivity contribution in [2.75, 3.05) is 39.5 Å². The topological polar surface area (TPSA) is 65.1 Å². The molecular formula is C33H40NO5P. The van der Waals surface area contributed by atoms with Crippen LogP contribution in [0, 0.1) is 11.8 Å². The van der Waals surface area contributed by atoms with Crippen molar-refractivity contribution in [3.8, 4) is 0 Å². The highest BCUT2D eigenvalue weighted by molar-refractivity contribution is 7.80. The number of morpholine rings is 1. The van der Waals surface area contributed by atoms with Crippen molar-refractivity contribution in [2.45, 2.75) is 33.3 Å². The van der Waals surface area contributed by atoms with E-state index in [0.717, 1.165) is 55.2 Å². The second-order valence-electron chi connectivity index (χ2n) is 10.2. The van der Waals surface area contributed by atoms with Gasteiger partial charge in [-0.05, 0) is 62.6 Å². The SMILES string of the molecule is CCOC(=O)[C@@H](C)[C@@H](OC(=O)c1ccccc1P(c1ccccc1)c1ccccc1)[C@H](C)CCN1CCOCC1. The fraction of sp³-hybridized carbons (Fsp3) is 0.394. The molecule has 0 spiro atoms. The molecule has 1 aliphatic heterocycles. The quantitative estimate of drug-likeness (QED) is 0.239. The molecule has 6 nitrogen and oxygen atoms in total. The summed E-state index contributed by atoms with van der Waals surface area (Å²) in [6, 6.07) is 28.3. The van der Waals surface area contributed by atoms with Crippen LogP contribution in [0.2, 0.25) is 0 Å². The number of hydrogen-bond acceptors (Lipinski definition) is 6. The second kappa shape index (κ2) is 15.1. The standard InChI is InChI=1S/C33H40NO5P/c1-4-38-32(35)26(3)31(25(2)19-20-34-21-23-37-24-22-34)39-33(36)29-17-11-12-18-30(29)40(27-13-7-5-8-14-27)28-15-9-6-10-16-28/h5-18,25-26,31H,4,19-24H2,1-3H3/t25-,26+,31+/m1/s1. The van der Waals surface area contributed by atoms with Crippen molar-refractivity contribution >= 4 is 35.8 Å². The van der Waals surface area contributed by atoms with E-state index in [1.54, 1.807) is 13.8 Å². The second-order valence-corrected chi connectivity index (χ2v) is 12.3. The molecule has 1 saturated heterocycles. The van der Waals surface area contributed by atoms with Crippen molar-refractivity contribution in [1.82, 2.24) is 4.90 Å². The normalized spacial score (nSPS) is 16.2. The number of esters is 2. The van der Waals surface area contributed by atoms with Crippen LogP contribution < -0.4 is 15.9 Å². The zero-order valence-electron chi connectivity index (χ0n) is 23.7. The van der Waals surface area contributed by atoms with Gasteiger partial charge in [0.05, 0.1) is 31.3 Å². The maximum Gasteiger partial charge on any atom is 0.339 e. The van der Waals surface area contributed by atoms with Crippen molar-refractivity contribution in [1.29, 1.82) is 0 Å². The third kappa shape index (κ3) is 7.78. The Kier molecular flexibility index (Phi) is 11.3. The lowest BCUT2D eigenvalue weighted by atomic mass is 9.90. The molecule has 3 atom stereocenters. The molecule has 0 bridgehead atoms. The van der Waals surface area contributed by atoms with Crippen LogP contribution in [0.25, 0.3) is 0 Å². The molecule has 212 valence electrons. The fourth-order valence-electron chi connectivity index (χ4n) is 5.10. The van der Waals surface area contributed by atoms with Gasteiger partial charge < -0.3 is 14.2 Å². The number of hydrogen-bond donors (Lipinski definition) is 0. The summed E-state index contributed by atoms with van der Waals surface area (Å²) >= 11 is 0. The number of benzene rings is 3. The Morgan fingerprint density at radius 2 is 1.45 bits per heavy atom. The van der Waals surface area contributed by atoms with E-state index < -0.39 is 25.9 Å². The number of rotatable bonds is 12. The molecule has 0 amide bonds. The Labute approximate surface area is 239 Å². The average Bonchev–Trinajstić information content (AvgIpc) is 3.00. The molecule has 0 aromatic heterocycles. The zero-order chi connectivity index (χ0) is 28.3. The average molecular weight is 562 g/mol. The Hall–Kier alpha value is -3.05. The minimum Gasteiger partial charge on any atom is -0.466 e. The molecule has 0 unspecified atom stereocenters. The monoisotopic (exact) mass is 561 g/mol. The van der Waals surface area contributed by atoms with Crippen LogP contribution in [0.15, 0.2) is 84.9 Å². The Morgan fingerprint density at radius 1 is 0.875 bits per heavy atom. The zero-order valence-corrected chi connectivity index (χ0v) is 24.6. The number of ether oxygens (including phenoxy) is 3. The van der Waals surface area contributed by atoms with E-state index in [1.807, 2.05) is 60.7 Å². The first-order chi connectivity index (χ1) is 19.5. The van der Waals surface area contributed by atoms with Gasteiger partial charge in [0.1, 0.15) is 6.10 Å². The molecule has 7 heteroatoms. The number of nitrogens with zero attached hydrogens (tertiary/aromatic N) is 1. The lowest BCUT2D eigenvalue weighted by Gasteiger charge is -2.32. The predicted octanol–water partition coefficient (Wildman–Crippen LogP) is 4.53. The molecule has 4 rings (SSSR count). The molecule has 0 radical (unpaired) electrons. The van der Waals surface area contributed by atoms with Gasteiger partial charge in [0.2, 0.25) is 0 Å². The van der Waals surface area contributed by atoms with E-state index >= 15 is 0 Å². The summed E-state index contributed by atoms with van der Waals surface area (Å²) in [7, 11) is -1.000. The van der Waals surface area contributed by atoms with Crippen LogP contribution in [0.4, 0.5) is 0 Å². The van der Waals surface area contributed by atoms with Crippen LogP contribution in [0.1, 0.15) is 37.6 Å². The lowest BCUT2D eigenvalue weighted by Crippen LogP contribution is -2.41. The largest absolute Gasteiger partial charge is 0.466 e. The van der Waals surface area contributed by atoms with Crippen molar-refractivity contribution < 1.29 is 23.8 Å². The van der Waals surface area contributed by atoms with Gasteiger partial charge in [0, 0.05) is 13.1 Å². The maximum absolute atomic E-state index is 13.9. The first-order valence-corrected chi connectivity index (χ1v) is 15.5. The van der Waals surface area contributed by atoms with E-state index in [9.17, 15) is 9.59 Å². The summed E-state index contributed by atoms with van der Waals surface area (Å²) < 4.78 is 17.1. The molecule has 1 fully saturated rings. The molecule has 0 saturated carbocycles. The van der Waals surface area contributed by atoms with Gasteiger partial charge >= 0.3 is 11.9 Å². The van der Waals surface area contributed by atoms with Crippen LogP contribution in [-0.4, -0.2) is 62.4 Å². The number of carbonyl (C=O) groups excluding carboxylic acids is 2. The third-order valence-corrected chi connectivity index (χ3v) is 9.85. The van der Waals surface area contributed by atoms with Crippen molar-refractivity contribution in [3.63, 3.8) is 0 Å². The van der Waals surface area contributed by atoms with Crippen LogP contribution in [0.3, 0.4) is 0 Å². The molecular weight excluding hydrogens is 521 g/mol. The van der Waals surface area contributed by atoms with Crippen molar-refractivity contribution in [2.24, 2.45) is 11.8 Å². The highest BCUT2D eigenvalue weighted by atomic mass is 31.1. The van der Waals surface area contributed by atoms with Crippen LogP contribution >= 0.6 is 7.92 Å². The highest BCUT2D eigenvalue weighted by Crippen LogP contribution is 2.34. The Morgan fingerprint density at radius 3 is 2.05 bits per heavy atom. The van der Waals surface area contributed by atoms with E-state index in [0.29, 0.717) is 5.56 Å². The van der Waals surface area contributed by atoms with E-state index in [4.69, 9.17) is 14.2 Å². The molecule has 1 aliphatic rings. The summed E-state index contributed by atoms with van der Waals surface area (Å²) in [6.45, 7) is 10.0. The summed E-state index contributed by atoms with van der Waals surface area (Å²) in [5.41, 5.74) is 0.530. The van der Waals surface area contributed by atoms with E-state index in [-0.39, 0.29) is 18.5 Å². The Bertz CT molecular complexity index is 1180. The van der Waals surface area contributed by atoms with Gasteiger partial charge in [-0.2, -0.15) is 0 Å². The van der Waals surface area contributed by atoms with Crippen LogP contribution in [0.5, 0.6) is 0 Å². The molecule has 3 aromatic rings. The predicted molar refractivity (Wildman–Crippen MR) is 161 cm³/mol. The first kappa shape index (κ1) is 29.9. The third-order valence-electron chi connectivity index (χ3n) is 7.35. The first-order valence-electron chi connectivity index (χ1n) is 14.2. The summed E-state index contributed by atoms with van der Waals surface area (Å²) in [4.78, 5) is 29.1. The molecule has 0 N–H and O–H groups in total. The summed E-state index contributed by atoms with van der Waals surface area (Å²) in [5.74, 6) is -1.37. The molecule has 40 heavy (non-hydrogen) atoms. The van der Waals surface area contributed by atoms with Crippen LogP contribution in [-0.2, 0) is 19.0 Å². The minimum absolute atomic E-state index is 0.0388. The minimum atomic E-state index is -1.000. The van der Waals surface area contributed by atoms with E-state index in [1.165, 1.54) is 0 Å². The highest BCUT2D eigenvalue weighted by Gasteiger charge is 2.35. The number of carbonyl (C=O) groups is 2. The molecule has 1 heterocycles. The molecule has 3 aromatic carbocycles. The summed E-state index contributed by atoms with van der Waals surface area (Å²) in [6.07, 6.45) is 0.185. The molecule has 0 aliphatic carbocycles.